The van der Waals surface area contributed by atoms with Crippen LogP contribution in [0.25, 0.3) is 0 Å². The largest absolute Gasteiger partial charge is 0.468 e. The van der Waals surface area contributed by atoms with Gasteiger partial charge in [-0.1, -0.05) is 42.5 Å². The number of rotatable bonds is 7. The van der Waals surface area contributed by atoms with E-state index >= 15 is 0 Å². The second-order valence-electron chi connectivity index (χ2n) is 7.63. The van der Waals surface area contributed by atoms with Gasteiger partial charge in [-0.15, -0.1) is 11.8 Å². The van der Waals surface area contributed by atoms with Gasteiger partial charge in [-0.25, -0.2) is 0 Å². The molecular weight excluding hydrogens is 408 g/mol. The van der Waals surface area contributed by atoms with E-state index in [2.05, 4.69) is 5.32 Å². The third-order valence-corrected chi connectivity index (χ3v) is 6.63. The van der Waals surface area contributed by atoms with Crippen LogP contribution in [0, 0.1) is 5.92 Å². The molecule has 1 aliphatic heterocycles. The Kier molecular flexibility index (Phi) is 7.10. The van der Waals surface area contributed by atoms with Gasteiger partial charge in [0.05, 0.1) is 17.6 Å². The third-order valence-electron chi connectivity index (χ3n) is 5.53. The molecule has 5 nitrogen and oxygen atoms in total. The normalized spacial score (nSPS) is 14.4. The lowest BCUT2D eigenvalue weighted by atomic mass is 9.95. The van der Waals surface area contributed by atoms with E-state index in [1.807, 2.05) is 71.6 Å². The molecule has 1 fully saturated rings. The Morgan fingerprint density at radius 2 is 1.71 bits per heavy atom. The maximum absolute atomic E-state index is 13.2. The summed E-state index contributed by atoms with van der Waals surface area (Å²) in [6, 6.07) is 21.4. The molecular formula is C25H26N2O3S. The van der Waals surface area contributed by atoms with Gasteiger partial charge in [0.1, 0.15) is 5.76 Å². The van der Waals surface area contributed by atoms with E-state index in [-0.39, 0.29) is 17.7 Å². The van der Waals surface area contributed by atoms with Gasteiger partial charge >= 0.3 is 0 Å². The molecule has 6 heteroatoms. The third kappa shape index (κ3) is 5.58. The SMILES string of the molecule is O=C(NCc1ccccc1)C1CCN(C(=O)c2ccccc2SCc2ccco2)CC1. The van der Waals surface area contributed by atoms with Crippen LogP contribution in [0.1, 0.15) is 34.5 Å². The number of nitrogens with one attached hydrogen (secondary N) is 1. The van der Waals surface area contributed by atoms with Crippen molar-refractivity contribution in [1.82, 2.24) is 10.2 Å². The Morgan fingerprint density at radius 3 is 2.45 bits per heavy atom. The Bertz CT molecular complexity index is 997. The van der Waals surface area contributed by atoms with Gasteiger partial charge in [0, 0.05) is 30.4 Å². The molecule has 4 rings (SSSR count). The molecule has 1 aliphatic rings. The first kappa shape index (κ1) is 21.2. The first-order valence-electron chi connectivity index (χ1n) is 10.6. The summed E-state index contributed by atoms with van der Waals surface area (Å²) in [5.41, 5.74) is 1.80. The number of thioether (sulfide) groups is 1. The van der Waals surface area contributed by atoms with Crippen molar-refractivity contribution in [2.24, 2.45) is 5.92 Å². The standard InChI is InChI=1S/C25H26N2O3S/c28-24(26-17-19-7-2-1-3-8-19)20-12-14-27(15-13-20)25(29)22-10-4-5-11-23(22)31-18-21-9-6-16-30-21/h1-11,16,20H,12-15,17-18H2,(H,26,28). The van der Waals surface area contributed by atoms with E-state index in [1.54, 1.807) is 18.0 Å². The van der Waals surface area contributed by atoms with Crippen molar-refractivity contribution < 1.29 is 14.0 Å². The van der Waals surface area contributed by atoms with E-state index in [0.717, 1.165) is 16.2 Å². The number of piperidine rings is 1. The number of nitrogens with zero attached hydrogens (tertiary/aromatic N) is 1. The summed E-state index contributed by atoms with van der Waals surface area (Å²) >= 11 is 1.60. The second-order valence-corrected chi connectivity index (χ2v) is 8.65. The second kappa shape index (κ2) is 10.4. The van der Waals surface area contributed by atoms with E-state index in [9.17, 15) is 9.59 Å². The highest BCUT2D eigenvalue weighted by atomic mass is 32.2. The van der Waals surface area contributed by atoms with Crippen molar-refractivity contribution in [3.63, 3.8) is 0 Å². The number of likely N-dealkylation sites (tertiary alicyclic amines) is 1. The number of furan rings is 1. The summed E-state index contributed by atoms with van der Waals surface area (Å²) in [4.78, 5) is 28.5. The molecule has 0 unspecified atom stereocenters. The molecule has 0 saturated carbocycles. The fourth-order valence-electron chi connectivity index (χ4n) is 3.76. The number of carbonyl (C=O) groups is 2. The lowest BCUT2D eigenvalue weighted by Gasteiger charge is -2.31. The Hall–Kier alpha value is -2.99. The van der Waals surface area contributed by atoms with Gasteiger partial charge in [0.25, 0.3) is 5.91 Å². The Balaban J connectivity index is 1.30. The number of benzene rings is 2. The van der Waals surface area contributed by atoms with Crippen molar-refractivity contribution in [2.75, 3.05) is 13.1 Å². The zero-order valence-electron chi connectivity index (χ0n) is 17.3. The Morgan fingerprint density at radius 1 is 0.968 bits per heavy atom. The summed E-state index contributed by atoms with van der Waals surface area (Å²) in [6.07, 6.45) is 3.04. The highest BCUT2D eigenvalue weighted by Crippen LogP contribution is 2.28. The summed E-state index contributed by atoms with van der Waals surface area (Å²) < 4.78 is 5.40. The minimum Gasteiger partial charge on any atom is -0.468 e. The molecule has 0 aliphatic carbocycles. The topological polar surface area (TPSA) is 62.6 Å². The summed E-state index contributed by atoms with van der Waals surface area (Å²) in [5.74, 6) is 1.63. The first-order valence-corrected chi connectivity index (χ1v) is 11.5. The van der Waals surface area contributed by atoms with Gasteiger partial charge in [0.15, 0.2) is 0 Å². The number of carbonyl (C=O) groups excluding carboxylic acids is 2. The molecule has 1 saturated heterocycles. The van der Waals surface area contributed by atoms with E-state index < -0.39 is 0 Å². The molecule has 31 heavy (non-hydrogen) atoms. The predicted octanol–water partition coefficient (Wildman–Crippen LogP) is 4.74. The van der Waals surface area contributed by atoms with E-state index in [4.69, 9.17) is 4.42 Å². The van der Waals surface area contributed by atoms with Crippen molar-refractivity contribution in [2.45, 2.75) is 30.0 Å². The van der Waals surface area contributed by atoms with Crippen molar-refractivity contribution >= 4 is 23.6 Å². The molecule has 3 aromatic rings. The Labute approximate surface area is 186 Å². The summed E-state index contributed by atoms with van der Waals surface area (Å²) in [7, 11) is 0. The molecule has 2 heterocycles. The van der Waals surface area contributed by atoms with Gasteiger partial charge in [-0.3, -0.25) is 9.59 Å². The quantitative estimate of drug-likeness (QED) is 0.546. The smallest absolute Gasteiger partial charge is 0.254 e. The summed E-state index contributed by atoms with van der Waals surface area (Å²) in [6.45, 7) is 1.73. The molecule has 0 spiro atoms. The van der Waals surface area contributed by atoms with Gasteiger partial charge < -0.3 is 14.6 Å². The summed E-state index contributed by atoms with van der Waals surface area (Å²) in [5, 5.41) is 3.03. The van der Waals surface area contributed by atoms with Gasteiger partial charge in [-0.2, -0.15) is 0 Å². The van der Waals surface area contributed by atoms with Crippen molar-refractivity contribution in [1.29, 1.82) is 0 Å². The number of hydrogen-bond donors (Lipinski definition) is 1. The lowest BCUT2D eigenvalue weighted by Crippen LogP contribution is -2.43. The zero-order valence-corrected chi connectivity index (χ0v) is 18.1. The average Bonchev–Trinajstić information content (AvgIpc) is 3.35. The van der Waals surface area contributed by atoms with Crippen LogP contribution in [0.5, 0.6) is 0 Å². The van der Waals surface area contributed by atoms with E-state index in [0.29, 0.717) is 43.8 Å². The highest BCUT2D eigenvalue weighted by Gasteiger charge is 2.28. The minimum atomic E-state index is -0.0451. The van der Waals surface area contributed by atoms with Crippen LogP contribution in [-0.4, -0.2) is 29.8 Å². The minimum absolute atomic E-state index is 0.0330. The molecule has 2 aromatic carbocycles. The molecule has 0 bridgehead atoms. The first-order chi connectivity index (χ1) is 15.2. The van der Waals surface area contributed by atoms with Crippen LogP contribution in [0.2, 0.25) is 0 Å². The van der Waals surface area contributed by atoms with Crippen LogP contribution in [0.15, 0.2) is 82.3 Å². The van der Waals surface area contributed by atoms with Crippen LogP contribution in [-0.2, 0) is 17.1 Å². The predicted molar refractivity (Wildman–Crippen MR) is 122 cm³/mol. The van der Waals surface area contributed by atoms with Crippen LogP contribution >= 0.6 is 11.8 Å². The van der Waals surface area contributed by atoms with Crippen molar-refractivity contribution in [3.05, 3.63) is 89.9 Å². The van der Waals surface area contributed by atoms with Crippen LogP contribution in [0.4, 0.5) is 0 Å². The van der Waals surface area contributed by atoms with Crippen LogP contribution < -0.4 is 5.32 Å². The molecule has 0 atom stereocenters. The number of amides is 2. The maximum atomic E-state index is 13.2. The number of hydrogen-bond acceptors (Lipinski definition) is 4. The maximum Gasteiger partial charge on any atom is 0.254 e. The zero-order chi connectivity index (χ0) is 21.5. The molecule has 160 valence electrons. The average molecular weight is 435 g/mol. The highest BCUT2D eigenvalue weighted by molar-refractivity contribution is 7.98. The van der Waals surface area contributed by atoms with E-state index in [1.165, 1.54) is 0 Å². The fourth-order valence-corrected chi connectivity index (χ4v) is 4.70. The molecule has 0 radical (unpaired) electrons. The molecule has 1 aromatic heterocycles. The molecule has 1 N–H and O–H groups in total. The van der Waals surface area contributed by atoms with Crippen molar-refractivity contribution in [3.8, 4) is 0 Å². The van der Waals surface area contributed by atoms with Gasteiger partial charge in [-0.05, 0) is 42.7 Å². The molecule has 2 amide bonds. The van der Waals surface area contributed by atoms with Crippen LogP contribution in [0.3, 0.4) is 0 Å². The monoisotopic (exact) mass is 434 g/mol. The van der Waals surface area contributed by atoms with Gasteiger partial charge in [0.2, 0.25) is 5.91 Å². The lowest BCUT2D eigenvalue weighted by molar-refractivity contribution is -0.126. The fraction of sp³-hybridized carbons (Fsp3) is 0.280.